The van der Waals surface area contributed by atoms with Gasteiger partial charge in [-0.2, -0.15) is 0 Å². The minimum atomic E-state index is -0.467. The summed E-state index contributed by atoms with van der Waals surface area (Å²) in [7, 11) is 0. The van der Waals surface area contributed by atoms with E-state index in [1.807, 2.05) is 13.8 Å². The molecule has 0 radical (unpaired) electrons. The standard InChI is InChI=1S/C12H18N2O3/c1-3-12(2)16-8-10(17-12)7-15-9-4-5-14-11(13)6-9/h4-6,10H,3,7-8H2,1-2H3,(H2,13,14)/t10-,12?/m0/s1. The van der Waals surface area contributed by atoms with Crippen molar-refractivity contribution in [2.75, 3.05) is 18.9 Å². The van der Waals surface area contributed by atoms with Gasteiger partial charge in [0.05, 0.1) is 6.61 Å². The summed E-state index contributed by atoms with van der Waals surface area (Å²) < 4.78 is 16.9. The van der Waals surface area contributed by atoms with Gasteiger partial charge < -0.3 is 19.9 Å². The highest BCUT2D eigenvalue weighted by Crippen LogP contribution is 2.26. The molecule has 5 heteroatoms. The molecule has 94 valence electrons. The number of nitrogen functional groups attached to an aromatic ring is 1. The van der Waals surface area contributed by atoms with Crippen LogP contribution in [0.3, 0.4) is 0 Å². The lowest BCUT2D eigenvalue weighted by Crippen LogP contribution is -2.27. The highest BCUT2D eigenvalue weighted by Gasteiger charge is 2.35. The van der Waals surface area contributed by atoms with Gasteiger partial charge in [0.25, 0.3) is 0 Å². The molecule has 1 aliphatic heterocycles. The second-order valence-corrected chi connectivity index (χ2v) is 4.27. The van der Waals surface area contributed by atoms with E-state index >= 15 is 0 Å². The van der Waals surface area contributed by atoms with Crippen LogP contribution >= 0.6 is 0 Å². The number of hydrogen-bond acceptors (Lipinski definition) is 5. The maximum atomic E-state index is 5.76. The molecule has 0 aromatic carbocycles. The Labute approximate surface area is 101 Å². The van der Waals surface area contributed by atoms with Crippen LogP contribution in [0.1, 0.15) is 20.3 Å². The average Bonchev–Trinajstić information content (AvgIpc) is 2.70. The van der Waals surface area contributed by atoms with Crippen molar-refractivity contribution in [2.45, 2.75) is 32.2 Å². The van der Waals surface area contributed by atoms with Crippen molar-refractivity contribution in [3.8, 4) is 5.75 Å². The van der Waals surface area contributed by atoms with E-state index in [1.165, 1.54) is 0 Å². The number of ether oxygens (including phenoxy) is 3. The Hall–Kier alpha value is -1.33. The van der Waals surface area contributed by atoms with Crippen molar-refractivity contribution in [1.82, 2.24) is 4.98 Å². The first kappa shape index (κ1) is 12.1. The number of nitrogens with two attached hydrogens (primary N) is 1. The highest BCUT2D eigenvalue weighted by atomic mass is 16.7. The van der Waals surface area contributed by atoms with E-state index in [1.54, 1.807) is 18.3 Å². The predicted octanol–water partition coefficient (Wildman–Crippen LogP) is 1.58. The number of anilines is 1. The molecule has 5 nitrogen and oxygen atoms in total. The van der Waals surface area contributed by atoms with E-state index in [0.717, 1.165) is 6.42 Å². The smallest absolute Gasteiger partial charge is 0.166 e. The van der Waals surface area contributed by atoms with Crippen LogP contribution in [0, 0.1) is 0 Å². The van der Waals surface area contributed by atoms with Gasteiger partial charge in [-0.1, -0.05) is 6.92 Å². The SMILES string of the molecule is CCC1(C)OC[C@H](COc2ccnc(N)c2)O1. The first-order valence-electron chi connectivity index (χ1n) is 5.77. The summed E-state index contributed by atoms with van der Waals surface area (Å²) in [4.78, 5) is 3.90. The van der Waals surface area contributed by atoms with Gasteiger partial charge in [-0.05, 0) is 19.4 Å². The second kappa shape index (κ2) is 4.89. The number of aromatic nitrogens is 1. The monoisotopic (exact) mass is 238 g/mol. The van der Waals surface area contributed by atoms with E-state index in [2.05, 4.69) is 4.98 Å². The first-order valence-corrected chi connectivity index (χ1v) is 5.77. The van der Waals surface area contributed by atoms with E-state index in [0.29, 0.717) is 24.8 Å². The molecule has 1 aromatic heterocycles. The Morgan fingerprint density at radius 1 is 1.65 bits per heavy atom. The summed E-state index contributed by atoms with van der Waals surface area (Å²) in [5.41, 5.74) is 5.56. The number of hydrogen-bond donors (Lipinski definition) is 1. The summed E-state index contributed by atoms with van der Waals surface area (Å²) in [5, 5.41) is 0. The maximum absolute atomic E-state index is 5.76. The summed E-state index contributed by atoms with van der Waals surface area (Å²) >= 11 is 0. The summed E-state index contributed by atoms with van der Waals surface area (Å²) in [6, 6.07) is 3.46. The molecule has 0 amide bonds. The van der Waals surface area contributed by atoms with Crippen molar-refractivity contribution < 1.29 is 14.2 Å². The minimum Gasteiger partial charge on any atom is -0.491 e. The number of nitrogens with zero attached hydrogens (tertiary/aromatic N) is 1. The predicted molar refractivity (Wildman–Crippen MR) is 63.7 cm³/mol. The highest BCUT2D eigenvalue weighted by molar-refractivity contribution is 5.35. The third-order valence-electron chi connectivity index (χ3n) is 2.82. The summed E-state index contributed by atoms with van der Waals surface area (Å²) in [6.45, 7) is 4.99. The Morgan fingerprint density at radius 2 is 2.47 bits per heavy atom. The molecule has 0 saturated carbocycles. The quantitative estimate of drug-likeness (QED) is 0.862. The van der Waals surface area contributed by atoms with Crippen LogP contribution in [0.25, 0.3) is 0 Å². The Balaban J connectivity index is 1.84. The van der Waals surface area contributed by atoms with Crippen molar-refractivity contribution in [2.24, 2.45) is 0 Å². The van der Waals surface area contributed by atoms with Gasteiger partial charge in [0.1, 0.15) is 24.3 Å². The van der Waals surface area contributed by atoms with Crippen LogP contribution in [-0.4, -0.2) is 30.1 Å². The fourth-order valence-electron chi connectivity index (χ4n) is 1.66. The molecule has 17 heavy (non-hydrogen) atoms. The summed E-state index contributed by atoms with van der Waals surface area (Å²) in [6.07, 6.45) is 2.41. The molecule has 2 atom stereocenters. The van der Waals surface area contributed by atoms with Crippen molar-refractivity contribution in [3.05, 3.63) is 18.3 Å². The third-order valence-corrected chi connectivity index (χ3v) is 2.82. The lowest BCUT2D eigenvalue weighted by Gasteiger charge is -2.21. The zero-order chi connectivity index (χ0) is 12.3. The molecule has 2 N–H and O–H groups in total. The molecule has 2 rings (SSSR count). The third kappa shape index (κ3) is 3.08. The molecule has 1 aliphatic rings. The van der Waals surface area contributed by atoms with Crippen LogP contribution in [0.15, 0.2) is 18.3 Å². The fourth-order valence-corrected chi connectivity index (χ4v) is 1.66. The second-order valence-electron chi connectivity index (χ2n) is 4.27. The normalized spacial score (nSPS) is 28.2. The molecular weight excluding hydrogens is 220 g/mol. The molecule has 1 unspecified atom stereocenters. The van der Waals surface area contributed by atoms with Crippen LogP contribution < -0.4 is 10.5 Å². The first-order chi connectivity index (χ1) is 8.11. The van der Waals surface area contributed by atoms with E-state index in [-0.39, 0.29) is 6.10 Å². The van der Waals surface area contributed by atoms with Gasteiger partial charge in [-0.25, -0.2) is 4.98 Å². The van der Waals surface area contributed by atoms with Gasteiger partial charge in [0.2, 0.25) is 0 Å². The topological polar surface area (TPSA) is 66.6 Å². The van der Waals surface area contributed by atoms with Crippen LogP contribution in [-0.2, 0) is 9.47 Å². The average molecular weight is 238 g/mol. The zero-order valence-electron chi connectivity index (χ0n) is 10.2. The molecule has 1 saturated heterocycles. The number of rotatable bonds is 4. The van der Waals surface area contributed by atoms with Crippen molar-refractivity contribution >= 4 is 5.82 Å². The molecule has 0 bridgehead atoms. The molecule has 0 aliphatic carbocycles. The van der Waals surface area contributed by atoms with Gasteiger partial charge in [0.15, 0.2) is 5.79 Å². The van der Waals surface area contributed by atoms with Gasteiger partial charge in [-0.15, -0.1) is 0 Å². The Kier molecular flexibility index (Phi) is 3.49. The van der Waals surface area contributed by atoms with E-state index < -0.39 is 5.79 Å². The minimum absolute atomic E-state index is 0.0330. The van der Waals surface area contributed by atoms with E-state index in [9.17, 15) is 0 Å². The lowest BCUT2D eigenvalue weighted by molar-refractivity contribution is -0.157. The molecule has 0 spiro atoms. The van der Waals surface area contributed by atoms with Crippen LogP contribution in [0.5, 0.6) is 5.75 Å². The van der Waals surface area contributed by atoms with E-state index in [4.69, 9.17) is 19.9 Å². The maximum Gasteiger partial charge on any atom is 0.166 e. The van der Waals surface area contributed by atoms with Crippen molar-refractivity contribution in [3.63, 3.8) is 0 Å². The molecule has 1 aromatic rings. The number of pyridine rings is 1. The van der Waals surface area contributed by atoms with Gasteiger partial charge in [0, 0.05) is 12.3 Å². The summed E-state index contributed by atoms with van der Waals surface area (Å²) in [5.74, 6) is 0.682. The van der Waals surface area contributed by atoms with Gasteiger partial charge >= 0.3 is 0 Å². The Bertz CT molecular complexity index is 386. The molecule has 2 heterocycles. The van der Waals surface area contributed by atoms with Crippen LogP contribution in [0.4, 0.5) is 5.82 Å². The van der Waals surface area contributed by atoms with Crippen LogP contribution in [0.2, 0.25) is 0 Å². The zero-order valence-corrected chi connectivity index (χ0v) is 10.2. The van der Waals surface area contributed by atoms with Gasteiger partial charge in [-0.3, -0.25) is 0 Å². The molecular formula is C12H18N2O3. The molecule has 1 fully saturated rings. The fraction of sp³-hybridized carbons (Fsp3) is 0.583. The Morgan fingerprint density at radius 3 is 3.12 bits per heavy atom. The lowest BCUT2D eigenvalue weighted by atomic mass is 10.2. The van der Waals surface area contributed by atoms with Crippen molar-refractivity contribution in [1.29, 1.82) is 0 Å². The largest absolute Gasteiger partial charge is 0.491 e.